The topological polar surface area (TPSA) is 35.0 Å². The predicted octanol–water partition coefficient (Wildman–Crippen LogP) is 4.97. The highest BCUT2D eigenvalue weighted by Crippen LogP contribution is 2.35. The molecule has 0 amide bonds. The Morgan fingerprint density at radius 2 is 1.50 bits per heavy atom. The molecule has 0 bridgehead atoms. The van der Waals surface area contributed by atoms with Crippen molar-refractivity contribution >= 4 is 10.9 Å². The second-order valence-electron chi connectivity index (χ2n) is 5.52. The third kappa shape index (κ3) is 2.50. The molecule has 0 fully saturated rings. The molecule has 0 saturated carbocycles. The SMILES string of the molecule is COc1ccc(-c2ccccc2-c2cccc3cccnc23)cn1. The number of aromatic nitrogens is 2. The third-order valence-corrected chi connectivity index (χ3v) is 4.11. The normalized spacial score (nSPS) is 10.7. The second-order valence-corrected chi connectivity index (χ2v) is 5.52. The van der Waals surface area contributed by atoms with Crippen LogP contribution in [0.1, 0.15) is 0 Å². The molecular weight excluding hydrogens is 296 g/mol. The Kier molecular flexibility index (Phi) is 3.67. The summed E-state index contributed by atoms with van der Waals surface area (Å²) in [5.41, 5.74) is 5.47. The van der Waals surface area contributed by atoms with Gasteiger partial charge in [-0.05, 0) is 23.3 Å². The zero-order valence-corrected chi connectivity index (χ0v) is 13.3. The van der Waals surface area contributed by atoms with Crippen molar-refractivity contribution in [1.29, 1.82) is 0 Å². The van der Waals surface area contributed by atoms with Crippen LogP contribution >= 0.6 is 0 Å². The van der Waals surface area contributed by atoms with E-state index in [0.29, 0.717) is 5.88 Å². The van der Waals surface area contributed by atoms with Crippen LogP contribution in [0.5, 0.6) is 5.88 Å². The first kappa shape index (κ1) is 14.4. The third-order valence-electron chi connectivity index (χ3n) is 4.11. The van der Waals surface area contributed by atoms with Gasteiger partial charge in [-0.3, -0.25) is 4.98 Å². The first-order chi connectivity index (χ1) is 11.9. The molecule has 2 heterocycles. The number of rotatable bonds is 3. The van der Waals surface area contributed by atoms with Gasteiger partial charge in [-0.1, -0.05) is 48.5 Å². The number of ether oxygens (including phenoxy) is 1. The molecule has 2 aromatic carbocycles. The minimum absolute atomic E-state index is 0.614. The molecule has 4 aromatic rings. The first-order valence-corrected chi connectivity index (χ1v) is 7.80. The lowest BCUT2D eigenvalue weighted by Crippen LogP contribution is -1.90. The standard InChI is InChI=1S/C21H16N2O/c1-24-20-12-11-16(14-23-20)17-8-2-3-9-18(17)19-10-4-6-15-7-5-13-22-21(15)19/h2-14H,1H3. The molecule has 0 aliphatic rings. The van der Waals surface area contributed by atoms with Crippen molar-refractivity contribution in [2.75, 3.05) is 7.11 Å². The number of hydrogen-bond acceptors (Lipinski definition) is 3. The highest BCUT2D eigenvalue weighted by Gasteiger charge is 2.11. The zero-order chi connectivity index (χ0) is 16.4. The Morgan fingerprint density at radius 1 is 0.708 bits per heavy atom. The minimum Gasteiger partial charge on any atom is -0.481 e. The molecule has 0 spiro atoms. The van der Waals surface area contributed by atoms with Crippen molar-refractivity contribution in [2.24, 2.45) is 0 Å². The molecule has 0 saturated heterocycles. The van der Waals surface area contributed by atoms with Crippen LogP contribution in [0.15, 0.2) is 79.1 Å². The summed E-state index contributed by atoms with van der Waals surface area (Å²) in [5.74, 6) is 0.614. The summed E-state index contributed by atoms with van der Waals surface area (Å²) in [7, 11) is 1.62. The molecule has 0 atom stereocenters. The van der Waals surface area contributed by atoms with E-state index >= 15 is 0 Å². The van der Waals surface area contributed by atoms with Gasteiger partial charge in [0.2, 0.25) is 5.88 Å². The van der Waals surface area contributed by atoms with E-state index in [1.54, 1.807) is 7.11 Å². The lowest BCUT2D eigenvalue weighted by atomic mass is 9.94. The lowest BCUT2D eigenvalue weighted by Gasteiger charge is -2.12. The number of methoxy groups -OCH3 is 1. The van der Waals surface area contributed by atoms with Gasteiger partial charge >= 0.3 is 0 Å². The van der Waals surface area contributed by atoms with E-state index < -0.39 is 0 Å². The summed E-state index contributed by atoms with van der Waals surface area (Å²) in [6.45, 7) is 0. The molecule has 0 unspecified atom stereocenters. The molecular formula is C21H16N2O. The fourth-order valence-electron chi connectivity index (χ4n) is 2.95. The number of pyridine rings is 2. The van der Waals surface area contributed by atoms with Crippen LogP contribution in [0.4, 0.5) is 0 Å². The summed E-state index contributed by atoms with van der Waals surface area (Å²) in [6.07, 6.45) is 3.68. The summed E-state index contributed by atoms with van der Waals surface area (Å²) in [5, 5.41) is 1.14. The summed E-state index contributed by atoms with van der Waals surface area (Å²) < 4.78 is 5.16. The van der Waals surface area contributed by atoms with Crippen LogP contribution in [-0.2, 0) is 0 Å². The van der Waals surface area contributed by atoms with Gasteiger partial charge in [0.05, 0.1) is 12.6 Å². The molecule has 3 heteroatoms. The van der Waals surface area contributed by atoms with Crippen LogP contribution in [0.25, 0.3) is 33.2 Å². The minimum atomic E-state index is 0.614. The van der Waals surface area contributed by atoms with Crippen molar-refractivity contribution in [3.05, 3.63) is 79.1 Å². The molecule has 0 aliphatic heterocycles. The maximum absolute atomic E-state index is 5.16. The van der Waals surface area contributed by atoms with Crippen LogP contribution in [0, 0.1) is 0 Å². The molecule has 4 rings (SSSR count). The lowest BCUT2D eigenvalue weighted by molar-refractivity contribution is 0.398. The monoisotopic (exact) mass is 312 g/mol. The van der Waals surface area contributed by atoms with Crippen LogP contribution < -0.4 is 4.74 Å². The van der Waals surface area contributed by atoms with Crippen molar-refractivity contribution in [1.82, 2.24) is 9.97 Å². The Bertz CT molecular complexity index is 989. The molecule has 2 aromatic heterocycles. The maximum atomic E-state index is 5.16. The Labute approximate surface area is 140 Å². The Balaban J connectivity index is 1.92. The van der Waals surface area contributed by atoms with Gasteiger partial charge in [-0.25, -0.2) is 4.98 Å². The van der Waals surface area contributed by atoms with Gasteiger partial charge in [-0.15, -0.1) is 0 Å². The molecule has 0 radical (unpaired) electrons. The average molecular weight is 312 g/mol. The van der Waals surface area contributed by atoms with Crippen molar-refractivity contribution in [3.8, 4) is 28.1 Å². The van der Waals surface area contributed by atoms with Gasteiger partial charge in [0.25, 0.3) is 0 Å². The average Bonchev–Trinajstić information content (AvgIpc) is 2.68. The smallest absolute Gasteiger partial charge is 0.212 e. The van der Waals surface area contributed by atoms with Gasteiger partial charge in [0, 0.05) is 35.0 Å². The maximum Gasteiger partial charge on any atom is 0.212 e. The van der Waals surface area contributed by atoms with Gasteiger partial charge in [0.15, 0.2) is 0 Å². The van der Waals surface area contributed by atoms with Crippen LogP contribution in [0.3, 0.4) is 0 Å². The van der Waals surface area contributed by atoms with Gasteiger partial charge < -0.3 is 4.74 Å². The van der Waals surface area contributed by atoms with Crippen LogP contribution in [-0.4, -0.2) is 17.1 Å². The van der Waals surface area contributed by atoms with E-state index in [0.717, 1.165) is 33.2 Å². The van der Waals surface area contributed by atoms with E-state index in [4.69, 9.17) is 4.74 Å². The van der Waals surface area contributed by atoms with E-state index in [1.807, 2.05) is 36.7 Å². The van der Waals surface area contributed by atoms with Crippen LogP contribution in [0.2, 0.25) is 0 Å². The van der Waals surface area contributed by atoms with E-state index in [-0.39, 0.29) is 0 Å². The number of fused-ring (bicyclic) bond motifs is 1. The zero-order valence-electron chi connectivity index (χ0n) is 13.3. The summed E-state index contributed by atoms with van der Waals surface area (Å²) in [6, 6.07) is 22.6. The highest BCUT2D eigenvalue weighted by atomic mass is 16.5. The summed E-state index contributed by atoms with van der Waals surface area (Å²) >= 11 is 0. The number of nitrogens with zero attached hydrogens (tertiary/aromatic N) is 2. The van der Waals surface area contributed by atoms with E-state index in [9.17, 15) is 0 Å². The molecule has 0 N–H and O–H groups in total. The highest BCUT2D eigenvalue weighted by molar-refractivity contribution is 5.97. The molecule has 24 heavy (non-hydrogen) atoms. The number of benzene rings is 2. The van der Waals surface area contributed by atoms with E-state index in [2.05, 4.69) is 52.4 Å². The van der Waals surface area contributed by atoms with Crippen molar-refractivity contribution < 1.29 is 4.74 Å². The fraction of sp³-hybridized carbons (Fsp3) is 0.0476. The van der Waals surface area contributed by atoms with E-state index in [1.165, 1.54) is 0 Å². The largest absolute Gasteiger partial charge is 0.481 e. The fourth-order valence-corrected chi connectivity index (χ4v) is 2.95. The quantitative estimate of drug-likeness (QED) is 0.535. The van der Waals surface area contributed by atoms with Gasteiger partial charge in [-0.2, -0.15) is 0 Å². The van der Waals surface area contributed by atoms with Gasteiger partial charge in [0.1, 0.15) is 0 Å². The molecule has 3 nitrogen and oxygen atoms in total. The Morgan fingerprint density at radius 3 is 2.29 bits per heavy atom. The second kappa shape index (κ2) is 6.13. The van der Waals surface area contributed by atoms with Crippen molar-refractivity contribution in [3.63, 3.8) is 0 Å². The summed E-state index contributed by atoms with van der Waals surface area (Å²) in [4.78, 5) is 8.92. The number of hydrogen-bond donors (Lipinski definition) is 0. The number of para-hydroxylation sites is 1. The molecule has 0 aliphatic carbocycles. The van der Waals surface area contributed by atoms with Crippen molar-refractivity contribution in [2.45, 2.75) is 0 Å². The predicted molar refractivity (Wildman–Crippen MR) is 97.0 cm³/mol. The molecule has 116 valence electrons. The Hall–Kier alpha value is -3.20. The first-order valence-electron chi connectivity index (χ1n) is 7.80.